The van der Waals surface area contributed by atoms with Gasteiger partial charge in [-0.3, -0.25) is 0 Å². The van der Waals surface area contributed by atoms with E-state index in [-0.39, 0.29) is 11.6 Å². The van der Waals surface area contributed by atoms with Crippen molar-refractivity contribution < 1.29 is 9.90 Å². The number of carboxylic acids is 1. The van der Waals surface area contributed by atoms with Crippen LogP contribution in [-0.4, -0.2) is 20.6 Å². The van der Waals surface area contributed by atoms with Crippen LogP contribution < -0.4 is 0 Å². The van der Waals surface area contributed by atoms with Crippen molar-refractivity contribution in [1.29, 1.82) is 0 Å². The first-order valence-corrected chi connectivity index (χ1v) is 7.82. The van der Waals surface area contributed by atoms with Crippen molar-refractivity contribution >= 4 is 28.3 Å². The zero-order chi connectivity index (χ0) is 14.8. The third-order valence-electron chi connectivity index (χ3n) is 3.59. The molecule has 0 radical (unpaired) electrons. The second-order valence-electron chi connectivity index (χ2n) is 4.98. The van der Waals surface area contributed by atoms with E-state index < -0.39 is 5.97 Å². The van der Waals surface area contributed by atoms with Crippen LogP contribution in [-0.2, 0) is 0 Å². The number of aromatic carboxylic acids is 1. The number of hydrogen-bond acceptors (Lipinski definition) is 3. The lowest BCUT2D eigenvalue weighted by molar-refractivity contribution is 0.0697. The molecule has 0 aliphatic rings. The van der Waals surface area contributed by atoms with Crippen LogP contribution >= 0.6 is 11.3 Å². The molecule has 0 aliphatic carbocycles. The van der Waals surface area contributed by atoms with E-state index in [0.29, 0.717) is 0 Å². The minimum Gasteiger partial charge on any atom is -0.478 e. The van der Waals surface area contributed by atoms with Crippen LogP contribution in [0.25, 0.3) is 11.0 Å². The summed E-state index contributed by atoms with van der Waals surface area (Å²) < 4.78 is 2.15. The van der Waals surface area contributed by atoms with E-state index in [1.54, 1.807) is 23.5 Å². The summed E-state index contributed by atoms with van der Waals surface area (Å²) in [5.74, 6) is -0.921. The summed E-state index contributed by atoms with van der Waals surface area (Å²) >= 11 is 1.74. The number of imidazole rings is 1. The Bertz CT molecular complexity index is 762. The van der Waals surface area contributed by atoms with Gasteiger partial charge in [-0.05, 0) is 36.1 Å². The number of thiophene rings is 1. The molecule has 1 unspecified atom stereocenters. The number of benzene rings is 1. The monoisotopic (exact) mass is 300 g/mol. The number of fused-ring (bicyclic) bond motifs is 1. The predicted octanol–water partition coefficient (Wildman–Crippen LogP) is 4.19. The second kappa shape index (κ2) is 5.69. The molecular formula is C16H16N2O2S. The van der Waals surface area contributed by atoms with Gasteiger partial charge in [0.1, 0.15) is 0 Å². The van der Waals surface area contributed by atoms with E-state index in [4.69, 9.17) is 5.11 Å². The van der Waals surface area contributed by atoms with Crippen molar-refractivity contribution in [3.05, 3.63) is 52.5 Å². The molecule has 1 N–H and O–H groups in total. The Morgan fingerprint density at radius 2 is 2.29 bits per heavy atom. The van der Waals surface area contributed by atoms with Gasteiger partial charge in [0.2, 0.25) is 0 Å². The third kappa shape index (κ3) is 2.56. The van der Waals surface area contributed by atoms with Crippen molar-refractivity contribution in [2.45, 2.75) is 25.8 Å². The molecule has 0 saturated heterocycles. The Balaban J connectivity index is 2.08. The van der Waals surface area contributed by atoms with Gasteiger partial charge < -0.3 is 9.67 Å². The van der Waals surface area contributed by atoms with Gasteiger partial charge in [0, 0.05) is 4.88 Å². The minimum absolute atomic E-state index is 0.260. The maximum Gasteiger partial charge on any atom is 0.335 e. The van der Waals surface area contributed by atoms with E-state index in [0.717, 1.165) is 23.9 Å². The average Bonchev–Trinajstić information content (AvgIpc) is 3.14. The number of carbonyl (C=O) groups is 1. The van der Waals surface area contributed by atoms with Crippen LogP contribution in [0.1, 0.15) is 41.0 Å². The predicted molar refractivity (Wildman–Crippen MR) is 84.1 cm³/mol. The zero-order valence-electron chi connectivity index (χ0n) is 11.7. The largest absolute Gasteiger partial charge is 0.478 e. The number of carboxylic acid groups (broad SMARTS) is 1. The minimum atomic E-state index is -0.921. The van der Waals surface area contributed by atoms with Crippen LogP contribution in [0, 0.1) is 0 Å². The van der Waals surface area contributed by atoms with Crippen LogP contribution in [0.4, 0.5) is 0 Å². The van der Waals surface area contributed by atoms with Gasteiger partial charge in [-0.1, -0.05) is 19.4 Å². The lowest BCUT2D eigenvalue weighted by atomic mass is 10.1. The van der Waals surface area contributed by atoms with E-state index in [1.807, 2.05) is 12.4 Å². The molecule has 2 heterocycles. The van der Waals surface area contributed by atoms with E-state index in [2.05, 4.69) is 34.0 Å². The van der Waals surface area contributed by atoms with Crippen molar-refractivity contribution in [3.63, 3.8) is 0 Å². The SMILES string of the molecule is CCCC(c1cccs1)n1cnc2cc(C(=O)O)ccc21. The fourth-order valence-corrected chi connectivity index (χ4v) is 3.45. The molecule has 0 fully saturated rings. The Morgan fingerprint density at radius 1 is 1.43 bits per heavy atom. The fraction of sp³-hybridized carbons (Fsp3) is 0.250. The Labute approximate surface area is 126 Å². The van der Waals surface area contributed by atoms with Gasteiger partial charge in [-0.2, -0.15) is 0 Å². The summed E-state index contributed by atoms with van der Waals surface area (Å²) in [7, 11) is 0. The van der Waals surface area contributed by atoms with Crippen LogP contribution in [0.15, 0.2) is 42.0 Å². The lowest BCUT2D eigenvalue weighted by Crippen LogP contribution is -2.08. The van der Waals surface area contributed by atoms with Crippen molar-refractivity contribution in [2.24, 2.45) is 0 Å². The van der Waals surface area contributed by atoms with Gasteiger partial charge >= 0.3 is 5.97 Å². The molecular weight excluding hydrogens is 284 g/mol. The van der Waals surface area contributed by atoms with Crippen LogP contribution in [0.5, 0.6) is 0 Å². The Hall–Kier alpha value is -2.14. The molecule has 108 valence electrons. The third-order valence-corrected chi connectivity index (χ3v) is 4.56. The molecule has 0 spiro atoms. The molecule has 5 heteroatoms. The number of hydrogen-bond donors (Lipinski definition) is 1. The second-order valence-corrected chi connectivity index (χ2v) is 5.96. The molecule has 1 aromatic carbocycles. The maximum absolute atomic E-state index is 11.0. The fourth-order valence-electron chi connectivity index (χ4n) is 2.59. The van der Waals surface area contributed by atoms with E-state index in [9.17, 15) is 4.79 Å². The summed E-state index contributed by atoms with van der Waals surface area (Å²) in [5, 5.41) is 11.1. The normalized spacial score (nSPS) is 12.6. The molecule has 1 atom stereocenters. The number of nitrogens with zero attached hydrogens (tertiary/aromatic N) is 2. The number of aromatic nitrogens is 2. The molecule has 0 saturated carbocycles. The first-order valence-electron chi connectivity index (χ1n) is 6.94. The quantitative estimate of drug-likeness (QED) is 0.769. The van der Waals surface area contributed by atoms with Gasteiger partial charge in [0.25, 0.3) is 0 Å². The average molecular weight is 300 g/mol. The first-order chi connectivity index (χ1) is 10.2. The molecule has 21 heavy (non-hydrogen) atoms. The van der Waals surface area contributed by atoms with Crippen molar-refractivity contribution in [2.75, 3.05) is 0 Å². The summed E-state index contributed by atoms with van der Waals surface area (Å²) in [6.45, 7) is 2.17. The summed E-state index contributed by atoms with van der Waals surface area (Å²) in [6.07, 6.45) is 3.93. The van der Waals surface area contributed by atoms with Gasteiger partial charge in [0.15, 0.2) is 0 Å². The smallest absolute Gasteiger partial charge is 0.335 e. The molecule has 0 aliphatic heterocycles. The highest BCUT2D eigenvalue weighted by Crippen LogP contribution is 2.30. The molecule has 0 amide bonds. The zero-order valence-corrected chi connectivity index (χ0v) is 12.5. The molecule has 3 aromatic rings. The van der Waals surface area contributed by atoms with Crippen LogP contribution in [0.2, 0.25) is 0 Å². The molecule has 2 aromatic heterocycles. The van der Waals surface area contributed by atoms with Gasteiger partial charge in [0.05, 0.1) is 29.0 Å². The highest BCUT2D eigenvalue weighted by molar-refractivity contribution is 7.10. The molecule has 0 bridgehead atoms. The Morgan fingerprint density at radius 3 is 2.95 bits per heavy atom. The van der Waals surface area contributed by atoms with Gasteiger partial charge in [-0.25, -0.2) is 9.78 Å². The standard InChI is InChI=1S/C16H16N2O2S/c1-2-4-14(15-5-3-8-21-15)18-10-17-12-9-11(16(19)20)6-7-13(12)18/h3,5-10,14H,2,4H2,1H3,(H,19,20). The summed E-state index contributed by atoms with van der Waals surface area (Å²) in [5.41, 5.74) is 1.98. The summed E-state index contributed by atoms with van der Waals surface area (Å²) in [6, 6.07) is 9.58. The van der Waals surface area contributed by atoms with E-state index in [1.165, 1.54) is 4.88 Å². The maximum atomic E-state index is 11.0. The molecule has 3 rings (SSSR count). The van der Waals surface area contributed by atoms with Gasteiger partial charge in [-0.15, -0.1) is 11.3 Å². The topological polar surface area (TPSA) is 55.1 Å². The number of rotatable bonds is 5. The van der Waals surface area contributed by atoms with Crippen molar-refractivity contribution in [1.82, 2.24) is 9.55 Å². The summed E-state index contributed by atoms with van der Waals surface area (Å²) in [4.78, 5) is 16.7. The van der Waals surface area contributed by atoms with Crippen LogP contribution in [0.3, 0.4) is 0 Å². The van der Waals surface area contributed by atoms with Crippen molar-refractivity contribution in [3.8, 4) is 0 Å². The molecule has 4 nitrogen and oxygen atoms in total. The van der Waals surface area contributed by atoms with E-state index >= 15 is 0 Å². The highest BCUT2D eigenvalue weighted by Gasteiger charge is 2.17. The highest BCUT2D eigenvalue weighted by atomic mass is 32.1. The lowest BCUT2D eigenvalue weighted by Gasteiger charge is -2.17. The first kappa shape index (κ1) is 13.8. The Kier molecular flexibility index (Phi) is 3.75.